The molecule has 3 heterocycles. The summed E-state index contributed by atoms with van der Waals surface area (Å²) < 4.78 is 2.14. The molecule has 0 aliphatic heterocycles. The smallest absolute Gasteiger partial charge is 0.258 e. The van der Waals surface area contributed by atoms with Gasteiger partial charge in [0.15, 0.2) is 5.16 Å². The maximum Gasteiger partial charge on any atom is 0.258 e. The molecule has 1 aliphatic carbocycles. The third kappa shape index (κ3) is 6.18. The first-order valence-electron chi connectivity index (χ1n) is 13.3. The van der Waals surface area contributed by atoms with Crippen LogP contribution in [0.5, 0.6) is 0 Å². The summed E-state index contributed by atoms with van der Waals surface area (Å²) in [5.74, 6) is -0.149. The number of nitrogens with zero attached hydrogens (tertiary/aromatic N) is 4. The molecule has 206 valence electrons. The number of thiophene rings is 1. The Balaban J connectivity index is 1.35. The molecule has 8 nitrogen and oxygen atoms in total. The van der Waals surface area contributed by atoms with Crippen LogP contribution < -0.4 is 10.7 Å². The minimum Gasteiger partial charge on any atom is -0.322 e. The highest BCUT2D eigenvalue weighted by molar-refractivity contribution is 7.99. The maximum absolute atomic E-state index is 13.6. The van der Waals surface area contributed by atoms with Gasteiger partial charge in [0.25, 0.3) is 11.8 Å². The fourth-order valence-corrected chi connectivity index (χ4v) is 7.22. The van der Waals surface area contributed by atoms with Gasteiger partial charge in [-0.05, 0) is 83.2 Å². The minimum atomic E-state index is -0.233. The summed E-state index contributed by atoms with van der Waals surface area (Å²) in [6.45, 7) is 7.86. The molecule has 40 heavy (non-hydrogen) atoms. The summed E-state index contributed by atoms with van der Waals surface area (Å²) in [5, 5.41) is 8.81. The lowest BCUT2D eigenvalue weighted by Gasteiger charge is -2.14. The number of thioether (sulfide) groups is 1. The van der Waals surface area contributed by atoms with E-state index >= 15 is 0 Å². The maximum atomic E-state index is 13.6. The van der Waals surface area contributed by atoms with Crippen molar-refractivity contribution in [2.75, 3.05) is 11.1 Å². The number of carbonyl (C=O) groups is 2. The van der Waals surface area contributed by atoms with Crippen molar-refractivity contribution in [3.63, 3.8) is 0 Å². The number of hydrogen-bond acceptors (Lipinski definition) is 7. The number of aryl methyl sites for hydroxylation is 4. The molecule has 0 radical (unpaired) electrons. The molecular formula is C30H32N6O2S2. The fourth-order valence-electron chi connectivity index (χ4n) is 4.98. The van der Waals surface area contributed by atoms with Gasteiger partial charge in [0.05, 0.1) is 17.5 Å². The number of rotatable bonds is 8. The van der Waals surface area contributed by atoms with E-state index in [-0.39, 0.29) is 17.6 Å². The third-order valence-corrected chi connectivity index (χ3v) is 8.90. The highest BCUT2D eigenvalue weighted by atomic mass is 32.2. The number of carbonyl (C=O) groups excluding carboxylic acids is 2. The number of hydrazone groups is 1. The number of para-hydroxylation sites is 1. The summed E-state index contributed by atoms with van der Waals surface area (Å²) >= 11 is 2.98. The Morgan fingerprint density at radius 1 is 1.05 bits per heavy atom. The Bertz CT molecular complexity index is 1570. The molecule has 0 saturated carbocycles. The van der Waals surface area contributed by atoms with E-state index < -0.39 is 0 Å². The zero-order chi connectivity index (χ0) is 28.2. The van der Waals surface area contributed by atoms with Gasteiger partial charge >= 0.3 is 0 Å². The quantitative estimate of drug-likeness (QED) is 0.118. The Morgan fingerprint density at radius 2 is 1.77 bits per heavy atom. The van der Waals surface area contributed by atoms with Crippen LogP contribution in [0.4, 0.5) is 5.69 Å². The topological polar surface area (TPSA) is 101 Å². The van der Waals surface area contributed by atoms with Crippen molar-refractivity contribution >= 4 is 46.8 Å². The fraction of sp³-hybridized carbons (Fsp3) is 0.300. The molecule has 0 unspecified atom stereocenters. The molecule has 1 aromatic carbocycles. The molecule has 0 atom stereocenters. The monoisotopic (exact) mass is 572 g/mol. The SMILES string of the molecule is Cc1cc(C)nc(SCC(=O)N/N=C\c2cc(C)n(-c3sc4c(c3C(=O)Nc3ccccc3)CCCC4)c2C)n1. The average molecular weight is 573 g/mol. The van der Waals surface area contributed by atoms with E-state index in [4.69, 9.17) is 0 Å². The lowest BCUT2D eigenvalue weighted by atomic mass is 9.95. The second-order valence-electron chi connectivity index (χ2n) is 9.89. The molecule has 4 aromatic rings. The molecule has 5 rings (SSSR count). The Morgan fingerprint density at radius 3 is 2.52 bits per heavy atom. The third-order valence-electron chi connectivity index (χ3n) is 6.77. The summed E-state index contributed by atoms with van der Waals surface area (Å²) in [6, 6.07) is 13.5. The van der Waals surface area contributed by atoms with Crippen molar-refractivity contribution in [3.05, 3.63) is 86.8 Å². The van der Waals surface area contributed by atoms with Gasteiger partial charge < -0.3 is 9.88 Å². The van der Waals surface area contributed by atoms with Crippen LogP contribution in [0, 0.1) is 27.7 Å². The van der Waals surface area contributed by atoms with Crippen molar-refractivity contribution in [2.45, 2.75) is 58.5 Å². The Kier molecular flexibility index (Phi) is 8.46. The molecule has 0 spiro atoms. The van der Waals surface area contributed by atoms with Crippen LogP contribution in [0.2, 0.25) is 0 Å². The molecular weight excluding hydrogens is 541 g/mol. The van der Waals surface area contributed by atoms with Crippen molar-refractivity contribution in [1.29, 1.82) is 0 Å². The standard InChI is InChI=1S/C30H32N6O2S2/c1-18-14-19(2)33-30(32-18)39-17-26(37)35-31-16-22-15-20(3)36(21(22)4)29-27(24-12-8-9-13-25(24)40-29)28(38)34-23-10-6-5-7-11-23/h5-7,10-11,14-16H,8-9,12-13,17H2,1-4H3,(H,34,38)(H,35,37)/b31-16-. The van der Waals surface area contributed by atoms with Gasteiger partial charge in [-0.1, -0.05) is 30.0 Å². The van der Waals surface area contributed by atoms with Crippen LogP contribution in [0.3, 0.4) is 0 Å². The largest absolute Gasteiger partial charge is 0.322 e. The second-order valence-corrected chi connectivity index (χ2v) is 11.9. The van der Waals surface area contributed by atoms with Crippen molar-refractivity contribution in [1.82, 2.24) is 20.0 Å². The molecule has 2 amide bonds. The number of amides is 2. The molecule has 3 aromatic heterocycles. The summed E-state index contributed by atoms with van der Waals surface area (Å²) in [7, 11) is 0. The van der Waals surface area contributed by atoms with Crippen molar-refractivity contribution in [3.8, 4) is 5.00 Å². The molecule has 2 N–H and O–H groups in total. The number of hydrogen-bond donors (Lipinski definition) is 2. The summed E-state index contributed by atoms with van der Waals surface area (Å²) in [4.78, 5) is 36.0. The van der Waals surface area contributed by atoms with E-state index in [1.807, 2.05) is 70.2 Å². The Hall–Kier alpha value is -3.76. The number of benzene rings is 1. The lowest BCUT2D eigenvalue weighted by molar-refractivity contribution is -0.118. The lowest BCUT2D eigenvalue weighted by Crippen LogP contribution is -2.20. The molecule has 10 heteroatoms. The van der Waals surface area contributed by atoms with E-state index in [9.17, 15) is 9.59 Å². The normalized spacial score (nSPS) is 12.9. The van der Waals surface area contributed by atoms with Gasteiger partial charge in [0.1, 0.15) is 5.00 Å². The van der Waals surface area contributed by atoms with Crippen LogP contribution in [0.1, 0.15) is 62.0 Å². The Labute approximate surface area is 242 Å². The van der Waals surface area contributed by atoms with E-state index in [0.717, 1.165) is 70.3 Å². The van der Waals surface area contributed by atoms with E-state index in [0.29, 0.717) is 5.16 Å². The number of nitrogens with one attached hydrogen (secondary N) is 2. The van der Waals surface area contributed by atoms with Gasteiger partial charge in [0, 0.05) is 38.9 Å². The average Bonchev–Trinajstić information content (AvgIpc) is 3.43. The first-order chi connectivity index (χ1) is 19.3. The van der Waals surface area contributed by atoms with E-state index in [2.05, 4.69) is 30.4 Å². The predicted octanol–water partition coefficient (Wildman–Crippen LogP) is 5.94. The summed E-state index contributed by atoms with van der Waals surface area (Å²) in [5.41, 5.74) is 9.89. The van der Waals surface area contributed by atoms with Crippen LogP contribution in [-0.2, 0) is 17.6 Å². The van der Waals surface area contributed by atoms with Crippen LogP contribution in [0.15, 0.2) is 52.7 Å². The van der Waals surface area contributed by atoms with Crippen LogP contribution in [0.25, 0.3) is 5.00 Å². The molecule has 0 fully saturated rings. The first kappa shape index (κ1) is 27.8. The van der Waals surface area contributed by atoms with Crippen LogP contribution in [-0.4, -0.2) is 38.3 Å². The predicted molar refractivity (Wildman–Crippen MR) is 162 cm³/mol. The zero-order valence-corrected chi connectivity index (χ0v) is 24.7. The zero-order valence-electron chi connectivity index (χ0n) is 23.1. The van der Waals surface area contributed by atoms with Gasteiger partial charge in [-0.25, -0.2) is 15.4 Å². The molecule has 0 saturated heterocycles. The number of fused-ring (bicyclic) bond motifs is 1. The van der Waals surface area contributed by atoms with E-state index in [1.165, 1.54) is 22.2 Å². The van der Waals surface area contributed by atoms with E-state index in [1.54, 1.807) is 17.6 Å². The first-order valence-corrected chi connectivity index (χ1v) is 15.1. The second kappa shape index (κ2) is 12.2. The summed E-state index contributed by atoms with van der Waals surface area (Å²) in [6.07, 6.45) is 5.79. The number of aromatic nitrogens is 3. The molecule has 1 aliphatic rings. The molecule has 0 bridgehead atoms. The van der Waals surface area contributed by atoms with Crippen molar-refractivity contribution < 1.29 is 9.59 Å². The van der Waals surface area contributed by atoms with Gasteiger partial charge in [0.2, 0.25) is 0 Å². The number of anilines is 1. The minimum absolute atomic E-state index is 0.0825. The highest BCUT2D eigenvalue weighted by Crippen LogP contribution is 2.39. The van der Waals surface area contributed by atoms with Gasteiger partial charge in [-0.2, -0.15) is 5.10 Å². The van der Waals surface area contributed by atoms with Crippen LogP contribution >= 0.6 is 23.1 Å². The van der Waals surface area contributed by atoms with Gasteiger partial charge in [-0.15, -0.1) is 11.3 Å². The highest BCUT2D eigenvalue weighted by Gasteiger charge is 2.28. The van der Waals surface area contributed by atoms with Gasteiger partial charge in [-0.3, -0.25) is 9.59 Å². The van der Waals surface area contributed by atoms with Crippen molar-refractivity contribution in [2.24, 2.45) is 5.10 Å².